The maximum atomic E-state index is 12.8. The lowest BCUT2D eigenvalue weighted by molar-refractivity contribution is 0.0282. The highest BCUT2D eigenvalue weighted by Gasteiger charge is 2.26. The molecular weight excluding hydrogens is 588 g/mol. The molecule has 13 nitrogen and oxygen atoms in total. The van der Waals surface area contributed by atoms with Gasteiger partial charge in [-0.1, -0.05) is 78.4 Å². The average Bonchev–Trinajstić information content (AvgIpc) is 3.02. The number of nitrogens with one attached hydrogen (secondary N) is 4. The standard InChI is InChI=1S/C30H34N6O7S/c1-3-31-28(37)35(20-23-14-16-25-10-6-8-12-27(25)18-23)34-43-44(40,41)21-42-30(39)36(29(38)32-4-2)33-19-22-13-15-24-9-5-7-11-26(24)17-22/h5-18,33-34H,3-4,19-21H2,1-2H3,(H,31,37)(H,32,38). The van der Waals surface area contributed by atoms with Gasteiger partial charge in [-0.15, -0.1) is 0 Å². The van der Waals surface area contributed by atoms with Gasteiger partial charge >= 0.3 is 28.3 Å². The van der Waals surface area contributed by atoms with Crippen LogP contribution in [0.1, 0.15) is 25.0 Å². The van der Waals surface area contributed by atoms with Crippen molar-refractivity contribution in [1.29, 1.82) is 0 Å². The average molecular weight is 623 g/mol. The maximum absolute atomic E-state index is 12.8. The van der Waals surface area contributed by atoms with Crippen LogP contribution in [0.3, 0.4) is 0 Å². The Kier molecular flexibility index (Phi) is 11.0. The largest absolute Gasteiger partial charge is 0.434 e. The van der Waals surface area contributed by atoms with Crippen molar-refractivity contribution in [2.45, 2.75) is 26.9 Å². The third kappa shape index (κ3) is 8.87. The van der Waals surface area contributed by atoms with Crippen molar-refractivity contribution in [3.63, 3.8) is 0 Å². The Balaban J connectivity index is 1.37. The second-order valence-corrected chi connectivity index (χ2v) is 11.1. The molecule has 0 aromatic heterocycles. The fourth-order valence-electron chi connectivity index (χ4n) is 4.19. The molecular formula is C30H34N6O7S. The van der Waals surface area contributed by atoms with E-state index in [1.807, 2.05) is 78.9 Å². The third-order valence-corrected chi connectivity index (χ3v) is 7.03. The molecule has 14 heteroatoms. The van der Waals surface area contributed by atoms with Gasteiger partial charge in [-0.2, -0.15) is 17.7 Å². The Morgan fingerprint density at radius 3 is 1.89 bits per heavy atom. The molecule has 0 aliphatic carbocycles. The summed E-state index contributed by atoms with van der Waals surface area (Å²) in [6, 6.07) is 25.1. The van der Waals surface area contributed by atoms with E-state index >= 15 is 0 Å². The Hall–Kier alpha value is -4.76. The summed E-state index contributed by atoms with van der Waals surface area (Å²) in [5, 5.41) is 10.4. The fourth-order valence-corrected chi connectivity index (χ4v) is 4.69. The first-order chi connectivity index (χ1) is 21.2. The summed E-state index contributed by atoms with van der Waals surface area (Å²) in [6.45, 7) is 3.87. The molecule has 5 amide bonds. The predicted octanol–water partition coefficient (Wildman–Crippen LogP) is 4.12. The number of ether oxygens (including phenoxy) is 1. The summed E-state index contributed by atoms with van der Waals surface area (Å²) < 4.78 is 34.9. The Labute approximate surface area is 255 Å². The Morgan fingerprint density at radius 1 is 0.727 bits per heavy atom. The number of carbonyl (C=O) groups is 3. The van der Waals surface area contributed by atoms with Crippen LogP contribution in [0, 0.1) is 0 Å². The highest BCUT2D eigenvalue weighted by molar-refractivity contribution is 7.86. The molecule has 0 radical (unpaired) electrons. The van der Waals surface area contributed by atoms with E-state index < -0.39 is 34.2 Å². The van der Waals surface area contributed by atoms with Crippen molar-refractivity contribution in [2.24, 2.45) is 0 Å². The van der Waals surface area contributed by atoms with Crippen LogP contribution in [0.4, 0.5) is 14.4 Å². The van der Waals surface area contributed by atoms with Gasteiger partial charge in [0.2, 0.25) is 5.94 Å². The number of nitrogens with zero attached hydrogens (tertiary/aromatic N) is 2. The lowest BCUT2D eigenvalue weighted by atomic mass is 10.1. The minimum atomic E-state index is -4.57. The van der Waals surface area contributed by atoms with Crippen molar-refractivity contribution in [1.82, 2.24) is 31.7 Å². The number of hydrogen-bond acceptors (Lipinski definition) is 9. The topological polar surface area (TPSA) is 158 Å². The molecule has 4 aromatic rings. The van der Waals surface area contributed by atoms with E-state index in [1.165, 1.54) is 0 Å². The molecule has 4 aromatic carbocycles. The van der Waals surface area contributed by atoms with Gasteiger partial charge in [-0.3, -0.25) is 0 Å². The van der Waals surface area contributed by atoms with Gasteiger partial charge in [0.1, 0.15) is 0 Å². The molecule has 4 rings (SSSR count). The van der Waals surface area contributed by atoms with E-state index in [-0.39, 0.29) is 26.2 Å². The first kappa shape index (κ1) is 32.2. The zero-order valence-electron chi connectivity index (χ0n) is 24.3. The van der Waals surface area contributed by atoms with Crippen LogP contribution in [0.2, 0.25) is 0 Å². The van der Waals surface area contributed by atoms with Crippen LogP contribution in [0.5, 0.6) is 0 Å². The number of carbonyl (C=O) groups excluding carboxylic acids is 3. The first-order valence-electron chi connectivity index (χ1n) is 13.8. The Bertz CT molecular complexity index is 1730. The smallest absolute Gasteiger partial charge is 0.429 e. The summed E-state index contributed by atoms with van der Waals surface area (Å²) in [6.07, 6.45) is -1.28. The molecule has 0 heterocycles. The zero-order chi connectivity index (χ0) is 31.5. The van der Waals surface area contributed by atoms with E-state index in [2.05, 4.69) is 21.6 Å². The minimum Gasteiger partial charge on any atom is -0.429 e. The van der Waals surface area contributed by atoms with Crippen molar-refractivity contribution in [3.8, 4) is 0 Å². The lowest BCUT2D eigenvalue weighted by Crippen LogP contribution is -2.52. The molecule has 0 atom stereocenters. The molecule has 0 aliphatic heterocycles. The van der Waals surface area contributed by atoms with Crippen molar-refractivity contribution in [3.05, 3.63) is 96.1 Å². The summed E-state index contributed by atoms with van der Waals surface area (Å²) in [5.74, 6) is -1.24. The normalized spacial score (nSPS) is 11.2. The van der Waals surface area contributed by atoms with Gasteiger partial charge in [-0.25, -0.2) is 24.8 Å². The van der Waals surface area contributed by atoms with Gasteiger partial charge in [0.15, 0.2) is 0 Å². The van der Waals surface area contributed by atoms with E-state index in [0.717, 1.165) is 32.1 Å². The van der Waals surface area contributed by atoms with E-state index in [0.29, 0.717) is 10.6 Å². The fraction of sp³-hybridized carbons (Fsp3) is 0.233. The van der Waals surface area contributed by atoms with Crippen LogP contribution in [-0.4, -0.2) is 55.6 Å². The number of urea groups is 2. The summed E-state index contributed by atoms with van der Waals surface area (Å²) >= 11 is 0. The number of benzene rings is 4. The van der Waals surface area contributed by atoms with Crippen LogP contribution in [-0.2, 0) is 32.2 Å². The molecule has 0 unspecified atom stereocenters. The lowest BCUT2D eigenvalue weighted by Gasteiger charge is -2.23. The molecule has 0 fully saturated rings. The van der Waals surface area contributed by atoms with Gasteiger partial charge in [0, 0.05) is 19.6 Å². The SMILES string of the molecule is CCNC(=O)N(Cc1ccc2ccccc2c1)NOS(=O)(=O)COC(=O)N(NCc1ccc2ccccc2c1)C(=O)NCC. The highest BCUT2D eigenvalue weighted by Crippen LogP contribution is 2.17. The van der Waals surface area contributed by atoms with Crippen LogP contribution >= 0.6 is 0 Å². The monoisotopic (exact) mass is 622 g/mol. The molecule has 0 saturated carbocycles. The second-order valence-electron chi connectivity index (χ2n) is 9.55. The molecule has 0 saturated heterocycles. The van der Waals surface area contributed by atoms with Crippen molar-refractivity contribution in [2.75, 3.05) is 19.0 Å². The molecule has 0 aliphatic rings. The molecule has 232 valence electrons. The van der Waals surface area contributed by atoms with Gasteiger partial charge < -0.3 is 15.4 Å². The number of hydrogen-bond donors (Lipinski definition) is 4. The van der Waals surface area contributed by atoms with Crippen molar-refractivity contribution < 1.29 is 31.8 Å². The number of imide groups is 1. The van der Waals surface area contributed by atoms with Gasteiger partial charge in [-0.05, 0) is 58.7 Å². The van der Waals surface area contributed by atoms with Gasteiger partial charge in [0.25, 0.3) is 0 Å². The quantitative estimate of drug-likeness (QED) is 0.171. The second kappa shape index (κ2) is 15.1. The zero-order valence-corrected chi connectivity index (χ0v) is 25.1. The highest BCUT2D eigenvalue weighted by atomic mass is 32.2. The van der Waals surface area contributed by atoms with Crippen LogP contribution < -0.4 is 21.6 Å². The van der Waals surface area contributed by atoms with E-state index in [9.17, 15) is 22.8 Å². The van der Waals surface area contributed by atoms with Crippen LogP contribution in [0.15, 0.2) is 84.9 Å². The van der Waals surface area contributed by atoms with Crippen LogP contribution in [0.25, 0.3) is 21.5 Å². The summed E-state index contributed by atoms with van der Waals surface area (Å²) in [5.41, 5.74) is 6.27. The van der Waals surface area contributed by atoms with Gasteiger partial charge in [0.05, 0.1) is 6.54 Å². The predicted molar refractivity (Wildman–Crippen MR) is 165 cm³/mol. The Morgan fingerprint density at radius 2 is 1.27 bits per heavy atom. The summed E-state index contributed by atoms with van der Waals surface area (Å²) in [7, 11) is -4.57. The molecule has 0 spiro atoms. The van der Waals surface area contributed by atoms with E-state index in [1.54, 1.807) is 19.9 Å². The number of rotatable bonds is 12. The molecule has 4 N–H and O–H groups in total. The number of hydrazine groups is 2. The van der Waals surface area contributed by atoms with Crippen molar-refractivity contribution >= 4 is 49.8 Å². The molecule has 0 bridgehead atoms. The van der Waals surface area contributed by atoms with E-state index in [4.69, 9.17) is 9.02 Å². The number of fused-ring (bicyclic) bond motifs is 2. The minimum absolute atomic E-state index is 0.0460. The summed E-state index contributed by atoms with van der Waals surface area (Å²) in [4.78, 5) is 38.0. The maximum Gasteiger partial charge on any atom is 0.434 e. The first-order valence-corrected chi connectivity index (χ1v) is 15.4. The third-order valence-electron chi connectivity index (χ3n) is 6.30. The number of amides is 5. The molecule has 44 heavy (non-hydrogen) atoms.